The molecule has 0 saturated carbocycles. The molecule has 9 nitrogen and oxygen atoms in total. The van der Waals surface area contributed by atoms with E-state index in [1.165, 1.54) is 29.3 Å². The summed E-state index contributed by atoms with van der Waals surface area (Å²) in [5.41, 5.74) is 4.48. The first-order valence-corrected chi connectivity index (χ1v) is 9.36. The second kappa shape index (κ2) is 8.15. The van der Waals surface area contributed by atoms with Crippen LogP contribution in [0, 0.1) is 10.1 Å². The summed E-state index contributed by atoms with van der Waals surface area (Å²) in [7, 11) is 1.56. The van der Waals surface area contributed by atoms with Crippen LogP contribution < -0.4 is 15.5 Å². The number of benzene rings is 3. The molecular weight excluding hydrogens is 400 g/mol. The Bertz CT molecular complexity index is 1150. The van der Waals surface area contributed by atoms with Gasteiger partial charge in [-0.15, -0.1) is 0 Å². The first-order valence-electron chi connectivity index (χ1n) is 9.36. The molecule has 0 aromatic heterocycles. The third kappa shape index (κ3) is 3.88. The Balaban J connectivity index is 1.66. The van der Waals surface area contributed by atoms with Crippen LogP contribution >= 0.6 is 0 Å². The van der Waals surface area contributed by atoms with Crippen LogP contribution in [0.1, 0.15) is 32.4 Å². The van der Waals surface area contributed by atoms with E-state index in [2.05, 4.69) is 10.7 Å². The molecule has 1 heterocycles. The first kappa shape index (κ1) is 19.9. The van der Waals surface area contributed by atoms with Crippen LogP contribution in [0.4, 0.5) is 11.4 Å². The number of anilines is 1. The van der Waals surface area contributed by atoms with Crippen molar-refractivity contribution in [3.63, 3.8) is 0 Å². The lowest BCUT2D eigenvalue weighted by Gasteiger charge is -2.37. The van der Waals surface area contributed by atoms with Crippen LogP contribution in [-0.4, -0.2) is 28.9 Å². The van der Waals surface area contributed by atoms with Crippen molar-refractivity contribution in [3.05, 3.63) is 99.6 Å². The number of hydrogen-bond donors (Lipinski definition) is 2. The summed E-state index contributed by atoms with van der Waals surface area (Å²) in [6.07, 6.45) is -0.671. The molecule has 0 spiro atoms. The van der Waals surface area contributed by atoms with Gasteiger partial charge in [0.2, 0.25) is 0 Å². The fourth-order valence-corrected chi connectivity index (χ4v) is 3.30. The summed E-state index contributed by atoms with van der Waals surface area (Å²) in [5.74, 6) is -0.291. The summed E-state index contributed by atoms with van der Waals surface area (Å²) >= 11 is 0. The van der Waals surface area contributed by atoms with E-state index in [4.69, 9.17) is 4.74 Å². The van der Waals surface area contributed by atoms with E-state index in [0.29, 0.717) is 17.0 Å². The number of fused-ring (bicyclic) bond motifs is 1. The molecule has 2 amide bonds. The number of methoxy groups -OCH3 is 1. The van der Waals surface area contributed by atoms with E-state index in [-0.39, 0.29) is 17.2 Å². The van der Waals surface area contributed by atoms with Gasteiger partial charge in [0.1, 0.15) is 11.9 Å². The molecule has 3 aromatic carbocycles. The SMILES string of the molecule is COc1ccc([C@@H]2Nc3ccccc3C(=O)N2NC(=O)c2ccc([N+](=O)[O-])cc2)cc1. The number of hydrogen-bond acceptors (Lipinski definition) is 6. The summed E-state index contributed by atoms with van der Waals surface area (Å²) < 4.78 is 5.19. The zero-order valence-electron chi connectivity index (χ0n) is 16.4. The molecule has 0 unspecified atom stereocenters. The number of carbonyl (C=O) groups is 2. The van der Waals surface area contributed by atoms with E-state index in [0.717, 1.165) is 5.56 Å². The van der Waals surface area contributed by atoms with Gasteiger partial charge in [0.25, 0.3) is 17.5 Å². The molecule has 0 bridgehead atoms. The minimum Gasteiger partial charge on any atom is -0.497 e. The van der Waals surface area contributed by atoms with Crippen molar-refractivity contribution in [2.24, 2.45) is 0 Å². The number of para-hydroxylation sites is 1. The van der Waals surface area contributed by atoms with Crippen LogP contribution in [-0.2, 0) is 0 Å². The predicted molar refractivity (Wildman–Crippen MR) is 113 cm³/mol. The van der Waals surface area contributed by atoms with Crippen LogP contribution in [0.15, 0.2) is 72.8 Å². The fraction of sp³-hybridized carbons (Fsp3) is 0.0909. The molecule has 0 fully saturated rings. The molecule has 4 rings (SSSR count). The van der Waals surface area contributed by atoms with Gasteiger partial charge < -0.3 is 10.1 Å². The van der Waals surface area contributed by atoms with Gasteiger partial charge in [-0.25, -0.2) is 5.01 Å². The van der Waals surface area contributed by atoms with E-state index in [1.807, 2.05) is 6.07 Å². The van der Waals surface area contributed by atoms with Gasteiger partial charge in [0.05, 0.1) is 17.6 Å². The molecular formula is C22H18N4O5. The number of nitrogens with one attached hydrogen (secondary N) is 2. The molecule has 0 saturated heterocycles. The highest BCUT2D eigenvalue weighted by atomic mass is 16.6. The third-order valence-electron chi connectivity index (χ3n) is 4.92. The Morgan fingerprint density at radius 2 is 1.74 bits per heavy atom. The van der Waals surface area contributed by atoms with Crippen molar-refractivity contribution in [1.82, 2.24) is 10.4 Å². The summed E-state index contributed by atoms with van der Waals surface area (Å²) in [4.78, 5) is 36.3. The molecule has 1 atom stereocenters. The van der Waals surface area contributed by atoms with Crippen LogP contribution in [0.5, 0.6) is 5.75 Å². The van der Waals surface area contributed by atoms with Gasteiger partial charge in [0, 0.05) is 23.4 Å². The average Bonchev–Trinajstić information content (AvgIpc) is 2.81. The van der Waals surface area contributed by atoms with Gasteiger partial charge in [-0.3, -0.25) is 25.1 Å². The molecule has 2 N–H and O–H groups in total. The van der Waals surface area contributed by atoms with Gasteiger partial charge in [0.15, 0.2) is 0 Å². The van der Waals surface area contributed by atoms with Crippen LogP contribution in [0.25, 0.3) is 0 Å². The summed E-state index contributed by atoms with van der Waals surface area (Å²) in [6, 6.07) is 19.3. The van der Waals surface area contributed by atoms with Gasteiger partial charge in [-0.1, -0.05) is 24.3 Å². The Morgan fingerprint density at radius 3 is 2.39 bits per heavy atom. The summed E-state index contributed by atoms with van der Waals surface area (Å²) in [5, 5.41) is 15.3. The summed E-state index contributed by atoms with van der Waals surface area (Å²) in [6.45, 7) is 0. The van der Waals surface area contributed by atoms with E-state index in [9.17, 15) is 19.7 Å². The van der Waals surface area contributed by atoms with Crippen molar-refractivity contribution >= 4 is 23.2 Å². The van der Waals surface area contributed by atoms with E-state index >= 15 is 0 Å². The smallest absolute Gasteiger partial charge is 0.276 e. The highest BCUT2D eigenvalue weighted by Gasteiger charge is 2.34. The molecule has 3 aromatic rings. The molecule has 1 aliphatic heterocycles. The molecule has 0 radical (unpaired) electrons. The number of nitro benzene ring substituents is 1. The second-order valence-corrected chi connectivity index (χ2v) is 6.79. The Kier molecular flexibility index (Phi) is 5.23. The highest BCUT2D eigenvalue weighted by molar-refractivity contribution is 6.04. The molecule has 9 heteroatoms. The molecule has 1 aliphatic rings. The standard InChI is InChI=1S/C22H18N4O5/c1-31-17-12-8-14(9-13-17)20-23-19-5-3-2-4-18(19)22(28)25(20)24-21(27)15-6-10-16(11-7-15)26(29)30/h2-13,20,23H,1H3,(H,24,27)/t20-/m1/s1. The average molecular weight is 418 g/mol. The fourth-order valence-electron chi connectivity index (χ4n) is 3.30. The number of nitrogens with zero attached hydrogens (tertiary/aromatic N) is 2. The lowest BCUT2D eigenvalue weighted by molar-refractivity contribution is -0.384. The monoisotopic (exact) mass is 418 g/mol. The zero-order chi connectivity index (χ0) is 22.0. The highest BCUT2D eigenvalue weighted by Crippen LogP contribution is 2.32. The predicted octanol–water partition coefficient (Wildman–Crippen LogP) is 3.51. The van der Waals surface area contributed by atoms with Crippen molar-refractivity contribution in [1.29, 1.82) is 0 Å². The van der Waals surface area contributed by atoms with Crippen molar-refractivity contribution in [3.8, 4) is 5.75 Å². The van der Waals surface area contributed by atoms with Crippen molar-refractivity contribution in [2.75, 3.05) is 12.4 Å². The maximum Gasteiger partial charge on any atom is 0.276 e. The maximum absolute atomic E-state index is 13.2. The number of ether oxygens (including phenoxy) is 1. The Morgan fingerprint density at radius 1 is 1.06 bits per heavy atom. The Hall–Kier alpha value is -4.40. The van der Waals surface area contributed by atoms with E-state index in [1.54, 1.807) is 49.6 Å². The molecule has 31 heavy (non-hydrogen) atoms. The molecule has 156 valence electrons. The number of hydrazine groups is 1. The van der Waals surface area contributed by atoms with Crippen molar-refractivity contribution in [2.45, 2.75) is 6.17 Å². The number of non-ortho nitro benzene ring substituents is 1. The largest absolute Gasteiger partial charge is 0.497 e. The number of carbonyl (C=O) groups excluding carboxylic acids is 2. The normalized spacial score (nSPS) is 14.9. The first-order chi connectivity index (χ1) is 15.0. The topological polar surface area (TPSA) is 114 Å². The van der Waals surface area contributed by atoms with Gasteiger partial charge >= 0.3 is 0 Å². The lowest BCUT2D eigenvalue weighted by Crippen LogP contribution is -2.52. The lowest BCUT2D eigenvalue weighted by atomic mass is 10.0. The van der Waals surface area contributed by atoms with Crippen molar-refractivity contribution < 1.29 is 19.2 Å². The minimum atomic E-state index is -0.671. The number of rotatable bonds is 5. The Labute approximate surface area is 177 Å². The van der Waals surface area contributed by atoms with E-state index < -0.39 is 17.0 Å². The quantitative estimate of drug-likeness (QED) is 0.484. The van der Waals surface area contributed by atoms with Gasteiger partial charge in [-0.2, -0.15) is 0 Å². The minimum absolute atomic E-state index is 0.127. The maximum atomic E-state index is 13.2. The molecule has 0 aliphatic carbocycles. The van der Waals surface area contributed by atoms with Crippen LogP contribution in [0.2, 0.25) is 0 Å². The second-order valence-electron chi connectivity index (χ2n) is 6.79. The third-order valence-corrected chi connectivity index (χ3v) is 4.92. The number of nitro groups is 1. The zero-order valence-corrected chi connectivity index (χ0v) is 16.4. The number of amides is 2. The van der Waals surface area contributed by atoms with Gasteiger partial charge in [-0.05, 0) is 42.0 Å². The van der Waals surface area contributed by atoms with Crippen LogP contribution in [0.3, 0.4) is 0 Å².